The molecule has 2 aromatic heterocycles. The molecule has 6 heteroatoms. The van der Waals surface area contributed by atoms with Gasteiger partial charge in [-0.3, -0.25) is 4.79 Å². The number of rotatable bonds is 2. The van der Waals surface area contributed by atoms with Gasteiger partial charge in [0.25, 0.3) is 6.01 Å². The van der Waals surface area contributed by atoms with Gasteiger partial charge in [0.05, 0.1) is 0 Å². The van der Waals surface area contributed by atoms with Gasteiger partial charge in [-0.15, -0.1) is 0 Å². The van der Waals surface area contributed by atoms with Crippen LogP contribution >= 0.6 is 0 Å². The monoisotopic (exact) mass is 356 g/mol. The number of amides is 1. The Hall–Kier alpha value is -2.11. The first-order chi connectivity index (χ1) is 12.7. The first kappa shape index (κ1) is 17.3. The number of carbonyl (C=O) groups excluding carboxylic acids is 1. The Morgan fingerprint density at radius 1 is 1.00 bits per heavy atom. The summed E-state index contributed by atoms with van der Waals surface area (Å²) in [5, 5.41) is 0. The fourth-order valence-corrected chi connectivity index (χ4v) is 4.15. The molecule has 2 aliphatic rings. The van der Waals surface area contributed by atoms with Crippen LogP contribution in [-0.2, 0) is 4.79 Å². The lowest BCUT2D eigenvalue weighted by molar-refractivity contribution is -0.135. The smallest absolute Gasteiger partial charge is 0.300 e. The molecular formula is C20H28N4O2. The molecule has 1 saturated carbocycles. The van der Waals surface area contributed by atoms with Crippen molar-refractivity contribution < 1.29 is 9.21 Å². The number of hydrogen-bond acceptors (Lipinski definition) is 5. The third-order valence-electron chi connectivity index (χ3n) is 5.66. The van der Waals surface area contributed by atoms with Crippen LogP contribution in [0.3, 0.4) is 0 Å². The summed E-state index contributed by atoms with van der Waals surface area (Å²) in [5.74, 6) is 0.601. The predicted molar refractivity (Wildman–Crippen MR) is 101 cm³/mol. The Bertz CT molecular complexity index is 764. The van der Waals surface area contributed by atoms with Crippen LogP contribution < -0.4 is 4.90 Å². The lowest BCUT2D eigenvalue weighted by atomic mass is 9.98. The molecule has 6 nitrogen and oxygen atoms in total. The molecule has 26 heavy (non-hydrogen) atoms. The summed E-state index contributed by atoms with van der Waals surface area (Å²) in [4.78, 5) is 26.1. The van der Waals surface area contributed by atoms with Crippen LogP contribution in [0.25, 0.3) is 11.2 Å². The second-order valence-corrected chi connectivity index (χ2v) is 7.63. The molecule has 0 atom stereocenters. The van der Waals surface area contributed by atoms with Gasteiger partial charge < -0.3 is 14.2 Å². The summed E-state index contributed by atoms with van der Waals surface area (Å²) in [5.41, 5.74) is 2.32. The summed E-state index contributed by atoms with van der Waals surface area (Å²) in [6, 6.07) is 4.49. The van der Waals surface area contributed by atoms with Crippen molar-refractivity contribution in [3.63, 3.8) is 0 Å². The summed E-state index contributed by atoms with van der Waals surface area (Å²) in [6.07, 6.45) is 8.04. The number of hydrogen-bond donors (Lipinski definition) is 0. The van der Waals surface area contributed by atoms with Crippen molar-refractivity contribution in [1.82, 2.24) is 14.9 Å². The molecule has 2 aromatic rings. The first-order valence-electron chi connectivity index (χ1n) is 9.98. The number of aromatic nitrogens is 2. The number of oxazole rings is 1. The highest BCUT2D eigenvalue weighted by atomic mass is 16.4. The van der Waals surface area contributed by atoms with Crippen LogP contribution in [0.2, 0.25) is 0 Å². The zero-order valence-corrected chi connectivity index (χ0v) is 15.6. The molecule has 1 aliphatic heterocycles. The van der Waals surface area contributed by atoms with Crippen molar-refractivity contribution in [1.29, 1.82) is 0 Å². The van der Waals surface area contributed by atoms with E-state index in [0.29, 0.717) is 17.6 Å². The molecule has 0 bridgehead atoms. The molecule has 0 aromatic carbocycles. The number of aryl methyl sites for hydroxylation is 1. The summed E-state index contributed by atoms with van der Waals surface area (Å²) < 4.78 is 5.90. The largest absolute Gasteiger partial charge is 0.422 e. The highest BCUT2D eigenvalue weighted by Crippen LogP contribution is 2.26. The first-order valence-corrected chi connectivity index (χ1v) is 9.98. The molecule has 1 amide bonds. The SMILES string of the molecule is Cc1ccc2oc(N3CCCN(C(=O)C4CCCCCC4)CC3)nc2n1. The van der Waals surface area contributed by atoms with Gasteiger partial charge in [0.2, 0.25) is 11.6 Å². The van der Waals surface area contributed by atoms with Crippen LogP contribution in [0.4, 0.5) is 6.01 Å². The van der Waals surface area contributed by atoms with Gasteiger partial charge in [0, 0.05) is 37.8 Å². The van der Waals surface area contributed by atoms with Crippen molar-refractivity contribution in [3.8, 4) is 0 Å². The molecular weight excluding hydrogens is 328 g/mol. The van der Waals surface area contributed by atoms with Crippen LogP contribution in [0.5, 0.6) is 0 Å². The third kappa shape index (κ3) is 3.69. The van der Waals surface area contributed by atoms with E-state index >= 15 is 0 Å². The topological polar surface area (TPSA) is 62.5 Å². The Balaban J connectivity index is 1.43. The molecule has 0 N–H and O–H groups in total. The summed E-state index contributed by atoms with van der Waals surface area (Å²) in [7, 11) is 0. The Morgan fingerprint density at radius 2 is 1.81 bits per heavy atom. The highest BCUT2D eigenvalue weighted by molar-refractivity contribution is 5.79. The standard InChI is InChI=1S/C20H28N4O2/c1-15-9-10-17-18(21-15)22-20(26-17)24-12-6-11-23(13-14-24)19(25)16-7-4-2-3-5-8-16/h9-10,16H,2-8,11-14H2,1H3. The summed E-state index contributed by atoms with van der Waals surface area (Å²) >= 11 is 0. The van der Waals surface area contributed by atoms with Gasteiger partial charge in [-0.25, -0.2) is 4.98 Å². The number of nitrogens with zero attached hydrogens (tertiary/aromatic N) is 4. The van der Waals surface area contributed by atoms with E-state index in [1.165, 1.54) is 25.7 Å². The van der Waals surface area contributed by atoms with Crippen molar-refractivity contribution in [2.45, 2.75) is 51.9 Å². The number of fused-ring (bicyclic) bond motifs is 1. The van der Waals surface area contributed by atoms with Gasteiger partial charge in [-0.1, -0.05) is 25.7 Å². The number of carbonyl (C=O) groups is 1. The van der Waals surface area contributed by atoms with Crippen LogP contribution in [-0.4, -0.2) is 47.0 Å². The molecule has 3 heterocycles. The average Bonchev–Trinajstić information content (AvgIpc) is 2.85. The molecule has 4 rings (SSSR count). The second-order valence-electron chi connectivity index (χ2n) is 7.63. The van der Waals surface area contributed by atoms with Gasteiger partial charge in [0.15, 0.2) is 5.58 Å². The van der Waals surface area contributed by atoms with E-state index in [4.69, 9.17) is 4.42 Å². The molecule has 0 radical (unpaired) electrons. The normalized spacial score (nSPS) is 20.2. The van der Waals surface area contributed by atoms with Crippen molar-refractivity contribution >= 4 is 23.2 Å². The van der Waals surface area contributed by atoms with E-state index in [9.17, 15) is 4.79 Å². The molecule has 0 unspecified atom stereocenters. The minimum atomic E-state index is 0.237. The molecule has 2 fully saturated rings. The van der Waals surface area contributed by atoms with E-state index in [1.54, 1.807) is 0 Å². The molecule has 140 valence electrons. The Labute approximate surface area is 154 Å². The van der Waals surface area contributed by atoms with E-state index in [2.05, 4.69) is 19.8 Å². The van der Waals surface area contributed by atoms with Crippen LogP contribution in [0, 0.1) is 12.8 Å². The van der Waals surface area contributed by atoms with Gasteiger partial charge in [0.1, 0.15) is 0 Å². The molecule has 1 saturated heterocycles. The fourth-order valence-electron chi connectivity index (χ4n) is 4.15. The van der Waals surface area contributed by atoms with Crippen molar-refractivity contribution in [2.75, 3.05) is 31.1 Å². The second kappa shape index (κ2) is 7.64. The van der Waals surface area contributed by atoms with E-state index < -0.39 is 0 Å². The zero-order valence-electron chi connectivity index (χ0n) is 15.6. The lowest BCUT2D eigenvalue weighted by Gasteiger charge is -2.25. The van der Waals surface area contributed by atoms with Crippen molar-refractivity contribution in [2.24, 2.45) is 5.92 Å². The predicted octanol–water partition coefficient (Wildman–Crippen LogP) is 3.54. The Kier molecular flexibility index (Phi) is 5.09. The maximum atomic E-state index is 12.9. The quantitative estimate of drug-likeness (QED) is 0.770. The number of pyridine rings is 1. The van der Waals surface area contributed by atoms with E-state index in [1.807, 2.05) is 19.1 Å². The Morgan fingerprint density at radius 3 is 2.62 bits per heavy atom. The fraction of sp³-hybridized carbons (Fsp3) is 0.650. The van der Waals surface area contributed by atoms with Crippen molar-refractivity contribution in [3.05, 3.63) is 17.8 Å². The number of anilines is 1. The van der Waals surface area contributed by atoms with Crippen LogP contribution in [0.15, 0.2) is 16.5 Å². The molecule has 0 spiro atoms. The average molecular weight is 356 g/mol. The maximum absolute atomic E-state index is 12.9. The van der Waals surface area contributed by atoms with E-state index in [0.717, 1.165) is 56.7 Å². The molecule has 1 aliphatic carbocycles. The van der Waals surface area contributed by atoms with Gasteiger partial charge in [-0.2, -0.15) is 4.98 Å². The van der Waals surface area contributed by atoms with Crippen LogP contribution in [0.1, 0.15) is 50.6 Å². The third-order valence-corrected chi connectivity index (χ3v) is 5.66. The zero-order chi connectivity index (χ0) is 17.9. The lowest BCUT2D eigenvalue weighted by Crippen LogP contribution is -2.39. The minimum Gasteiger partial charge on any atom is -0.422 e. The van der Waals surface area contributed by atoms with E-state index in [-0.39, 0.29) is 5.92 Å². The van der Waals surface area contributed by atoms with Gasteiger partial charge in [-0.05, 0) is 38.3 Å². The minimum absolute atomic E-state index is 0.237. The summed E-state index contributed by atoms with van der Waals surface area (Å²) in [6.45, 7) is 5.17. The van der Waals surface area contributed by atoms with Gasteiger partial charge >= 0.3 is 0 Å². The highest BCUT2D eigenvalue weighted by Gasteiger charge is 2.27. The maximum Gasteiger partial charge on any atom is 0.300 e.